The minimum atomic E-state index is 0.692. The molecule has 0 atom stereocenters. The molecule has 2 rings (SSSR count). The maximum atomic E-state index is 5.91. The third kappa shape index (κ3) is 3.25. The predicted molar refractivity (Wildman–Crippen MR) is 78.8 cm³/mol. The van der Waals surface area contributed by atoms with Crippen LogP contribution in [0.1, 0.15) is 5.76 Å². The van der Waals surface area contributed by atoms with Crippen molar-refractivity contribution >= 4 is 27.5 Å². The van der Waals surface area contributed by atoms with Crippen LogP contribution in [0.25, 0.3) is 11.3 Å². The quantitative estimate of drug-likeness (QED) is 0.640. The standard InChI is InChI=1S/C14H13BrClNO/c1-2-7-17-9-11-4-6-14(18-11)12-5-3-10(16)8-13(12)15/h2-6,8,17H,1,7,9H2. The van der Waals surface area contributed by atoms with Gasteiger partial charge in [0.2, 0.25) is 0 Å². The van der Waals surface area contributed by atoms with Crippen LogP contribution in [-0.4, -0.2) is 6.54 Å². The second-order valence-electron chi connectivity index (χ2n) is 3.81. The molecule has 0 aliphatic carbocycles. The monoisotopic (exact) mass is 325 g/mol. The van der Waals surface area contributed by atoms with Gasteiger partial charge in [-0.15, -0.1) is 6.58 Å². The van der Waals surface area contributed by atoms with Gasteiger partial charge in [-0.05, 0) is 46.3 Å². The van der Waals surface area contributed by atoms with Crippen molar-refractivity contribution in [1.82, 2.24) is 5.32 Å². The van der Waals surface area contributed by atoms with Crippen LogP contribution in [0, 0.1) is 0 Å². The Morgan fingerprint density at radius 3 is 2.89 bits per heavy atom. The Bertz CT molecular complexity index is 550. The highest BCUT2D eigenvalue weighted by Crippen LogP contribution is 2.31. The number of furan rings is 1. The first-order chi connectivity index (χ1) is 8.70. The van der Waals surface area contributed by atoms with Crippen LogP contribution >= 0.6 is 27.5 Å². The second-order valence-corrected chi connectivity index (χ2v) is 5.10. The van der Waals surface area contributed by atoms with Crippen molar-refractivity contribution in [3.8, 4) is 11.3 Å². The zero-order valence-electron chi connectivity index (χ0n) is 9.75. The smallest absolute Gasteiger partial charge is 0.135 e. The van der Waals surface area contributed by atoms with Gasteiger partial charge in [0.15, 0.2) is 0 Å². The third-order valence-electron chi connectivity index (χ3n) is 2.45. The largest absolute Gasteiger partial charge is 0.460 e. The van der Waals surface area contributed by atoms with Crippen LogP contribution < -0.4 is 5.32 Å². The van der Waals surface area contributed by atoms with Gasteiger partial charge in [0.25, 0.3) is 0 Å². The summed E-state index contributed by atoms with van der Waals surface area (Å²) in [5.74, 6) is 1.72. The van der Waals surface area contributed by atoms with E-state index in [1.165, 1.54) is 0 Å². The van der Waals surface area contributed by atoms with Crippen molar-refractivity contribution < 1.29 is 4.42 Å². The lowest BCUT2D eigenvalue weighted by atomic mass is 10.2. The molecule has 0 saturated carbocycles. The normalized spacial score (nSPS) is 10.6. The second kappa shape index (κ2) is 6.23. The van der Waals surface area contributed by atoms with E-state index in [2.05, 4.69) is 27.8 Å². The van der Waals surface area contributed by atoms with Crippen LogP contribution in [0.2, 0.25) is 5.02 Å². The van der Waals surface area contributed by atoms with E-state index in [4.69, 9.17) is 16.0 Å². The Hall–Kier alpha value is -1.03. The highest BCUT2D eigenvalue weighted by molar-refractivity contribution is 9.10. The summed E-state index contributed by atoms with van der Waals surface area (Å²) in [5.41, 5.74) is 0.995. The molecule has 0 aliphatic heterocycles. The third-order valence-corrected chi connectivity index (χ3v) is 3.34. The molecule has 0 bridgehead atoms. The fourth-order valence-electron chi connectivity index (χ4n) is 1.60. The molecule has 4 heteroatoms. The van der Waals surface area contributed by atoms with E-state index in [1.807, 2.05) is 36.4 Å². The van der Waals surface area contributed by atoms with Crippen molar-refractivity contribution in [3.63, 3.8) is 0 Å². The van der Waals surface area contributed by atoms with E-state index in [-0.39, 0.29) is 0 Å². The Labute approximate surface area is 120 Å². The Balaban J connectivity index is 2.16. The maximum absolute atomic E-state index is 5.91. The van der Waals surface area contributed by atoms with Crippen LogP contribution in [0.15, 0.2) is 51.9 Å². The number of hydrogen-bond acceptors (Lipinski definition) is 2. The van der Waals surface area contributed by atoms with Gasteiger partial charge in [-0.3, -0.25) is 0 Å². The number of halogens is 2. The molecule has 0 fully saturated rings. The first-order valence-electron chi connectivity index (χ1n) is 5.56. The van der Waals surface area contributed by atoms with Gasteiger partial charge in [-0.1, -0.05) is 17.7 Å². The SMILES string of the molecule is C=CCNCc1ccc(-c2ccc(Cl)cc2Br)o1. The van der Waals surface area contributed by atoms with Gasteiger partial charge in [0.1, 0.15) is 11.5 Å². The van der Waals surface area contributed by atoms with E-state index in [0.29, 0.717) is 11.6 Å². The molecule has 0 radical (unpaired) electrons. The van der Waals surface area contributed by atoms with Crippen LogP contribution in [0.4, 0.5) is 0 Å². The average Bonchev–Trinajstić information content (AvgIpc) is 2.78. The fraction of sp³-hybridized carbons (Fsp3) is 0.143. The molecule has 0 aliphatic rings. The van der Waals surface area contributed by atoms with Gasteiger partial charge < -0.3 is 9.73 Å². The molecule has 0 spiro atoms. The molecule has 18 heavy (non-hydrogen) atoms. The summed E-state index contributed by atoms with van der Waals surface area (Å²) >= 11 is 9.40. The predicted octanol–water partition coefficient (Wildman–Crippen LogP) is 4.64. The van der Waals surface area contributed by atoms with Gasteiger partial charge in [-0.2, -0.15) is 0 Å². The van der Waals surface area contributed by atoms with Crippen LogP contribution in [0.5, 0.6) is 0 Å². The fourth-order valence-corrected chi connectivity index (χ4v) is 2.48. The zero-order chi connectivity index (χ0) is 13.0. The van der Waals surface area contributed by atoms with Crippen molar-refractivity contribution in [2.75, 3.05) is 6.54 Å². The topological polar surface area (TPSA) is 25.2 Å². The number of nitrogens with one attached hydrogen (secondary N) is 1. The minimum absolute atomic E-state index is 0.692. The number of benzene rings is 1. The summed E-state index contributed by atoms with van der Waals surface area (Å²) < 4.78 is 6.69. The Morgan fingerprint density at radius 2 is 2.17 bits per heavy atom. The van der Waals surface area contributed by atoms with Crippen LogP contribution in [0.3, 0.4) is 0 Å². The summed E-state index contributed by atoms with van der Waals surface area (Å²) in [6.45, 7) is 5.11. The molecule has 2 nitrogen and oxygen atoms in total. The molecule has 0 unspecified atom stereocenters. The lowest BCUT2D eigenvalue weighted by molar-refractivity contribution is 0.501. The summed E-state index contributed by atoms with van der Waals surface area (Å²) in [4.78, 5) is 0. The molecular formula is C14H13BrClNO. The van der Waals surface area contributed by atoms with E-state index < -0.39 is 0 Å². The Morgan fingerprint density at radius 1 is 1.33 bits per heavy atom. The summed E-state index contributed by atoms with van der Waals surface area (Å²) in [6.07, 6.45) is 1.82. The Kier molecular flexibility index (Phi) is 4.64. The van der Waals surface area contributed by atoms with E-state index in [0.717, 1.165) is 28.1 Å². The highest BCUT2D eigenvalue weighted by atomic mass is 79.9. The maximum Gasteiger partial charge on any atom is 0.135 e. The molecule has 0 amide bonds. The van der Waals surface area contributed by atoms with Crippen molar-refractivity contribution in [3.05, 3.63) is 58.2 Å². The van der Waals surface area contributed by atoms with E-state index in [9.17, 15) is 0 Å². The first kappa shape index (κ1) is 13.4. The molecule has 1 aromatic carbocycles. The molecule has 1 N–H and O–H groups in total. The first-order valence-corrected chi connectivity index (χ1v) is 6.73. The molecule has 0 saturated heterocycles. The van der Waals surface area contributed by atoms with E-state index >= 15 is 0 Å². The lowest BCUT2D eigenvalue weighted by Gasteiger charge is -2.02. The zero-order valence-corrected chi connectivity index (χ0v) is 12.1. The lowest BCUT2D eigenvalue weighted by Crippen LogP contribution is -2.11. The number of rotatable bonds is 5. The van der Waals surface area contributed by atoms with Gasteiger partial charge in [0, 0.05) is 21.6 Å². The molecule has 94 valence electrons. The average molecular weight is 327 g/mol. The molecular weight excluding hydrogens is 314 g/mol. The summed E-state index contributed by atoms with van der Waals surface area (Å²) in [6, 6.07) is 9.56. The van der Waals surface area contributed by atoms with Crippen molar-refractivity contribution in [1.29, 1.82) is 0 Å². The van der Waals surface area contributed by atoms with Crippen molar-refractivity contribution in [2.45, 2.75) is 6.54 Å². The van der Waals surface area contributed by atoms with Crippen LogP contribution in [-0.2, 0) is 6.54 Å². The minimum Gasteiger partial charge on any atom is -0.460 e. The van der Waals surface area contributed by atoms with Gasteiger partial charge in [0.05, 0.1) is 6.54 Å². The van der Waals surface area contributed by atoms with E-state index in [1.54, 1.807) is 0 Å². The summed E-state index contributed by atoms with van der Waals surface area (Å²) in [7, 11) is 0. The number of hydrogen-bond donors (Lipinski definition) is 1. The highest BCUT2D eigenvalue weighted by Gasteiger charge is 2.08. The molecule has 2 aromatic rings. The van der Waals surface area contributed by atoms with Gasteiger partial charge >= 0.3 is 0 Å². The van der Waals surface area contributed by atoms with Crippen molar-refractivity contribution in [2.24, 2.45) is 0 Å². The van der Waals surface area contributed by atoms with Gasteiger partial charge in [-0.25, -0.2) is 0 Å². The summed E-state index contributed by atoms with van der Waals surface area (Å²) in [5, 5.41) is 3.89. The molecule has 1 aromatic heterocycles. The molecule has 1 heterocycles.